The number of para-hydroxylation sites is 1. The number of aryl methyl sites for hydroxylation is 1. The van der Waals surface area contributed by atoms with Crippen molar-refractivity contribution in [3.63, 3.8) is 0 Å². The van der Waals surface area contributed by atoms with Gasteiger partial charge in [-0.05, 0) is 18.6 Å². The van der Waals surface area contributed by atoms with Crippen LogP contribution in [-0.2, 0) is 17.9 Å². The summed E-state index contributed by atoms with van der Waals surface area (Å²) in [6.45, 7) is 4.09. The molecule has 1 atom stereocenters. The first-order chi connectivity index (χ1) is 9.70. The summed E-state index contributed by atoms with van der Waals surface area (Å²) in [5.41, 5.74) is 1.90. The highest BCUT2D eigenvalue weighted by Crippen LogP contribution is 2.36. The van der Waals surface area contributed by atoms with E-state index >= 15 is 0 Å². The van der Waals surface area contributed by atoms with E-state index in [0.717, 1.165) is 23.6 Å². The highest BCUT2D eigenvalue weighted by atomic mass is 16.4. The van der Waals surface area contributed by atoms with E-state index in [1.807, 2.05) is 30.5 Å². The summed E-state index contributed by atoms with van der Waals surface area (Å²) in [5.74, 6) is -0.247. The molecule has 0 spiro atoms. The average Bonchev–Trinajstić information content (AvgIpc) is 3.04. The maximum absolute atomic E-state index is 11.4. The van der Waals surface area contributed by atoms with Crippen LogP contribution in [0.15, 0.2) is 36.7 Å². The Bertz CT molecular complexity index is 636. The van der Waals surface area contributed by atoms with Gasteiger partial charge in [0.05, 0.1) is 6.54 Å². The molecule has 2 aromatic rings. The molecule has 104 valence electrons. The summed E-state index contributed by atoms with van der Waals surface area (Å²) < 4.78 is 2.08. The molecule has 0 fully saturated rings. The molecular formula is C15H17N3O2. The maximum Gasteiger partial charge on any atom is 0.312 e. The van der Waals surface area contributed by atoms with Crippen molar-refractivity contribution in [3.8, 4) is 0 Å². The molecule has 0 radical (unpaired) electrons. The largest absolute Gasteiger partial charge is 0.481 e. The number of benzene rings is 1. The molecule has 3 rings (SSSR count). The molecule has 0 saturated carbocycles. The fourth-order valence-corrected chi connectivity index (χ4v) is 2.80. The third kappa shape index (κ3) is 2.05. The molecule has 0 saturated heterocycles. The molecule has 0 amide bonds. The van der Waals surface area contributed by atoms with Crippen LogP contribution in [-0.4, -0.2) is 27.2 Å². The van der Waals surface area contributed by atoms with Gasteiger partial charge in [0, 0.05) is 31.2 Å². The number of carboxylic acids is 1. The first-order valence-corrected chi connectivity index (χ1v) is 6.77. The minimum atomic E-state index is -0.765. The third-order valence-electron chi connectivity index (χ3n) is 3.83. The van der Waals surface area contributed by atoms with Crippen molar-refractivity contribution in [2.45, 2.75) is 25.9 Å². The van der Waals surface area contributed by atoms with Gasteiger partial charge in [0.15, 0.2) is 0 Å². The second-order valence-corrected chi connectivity index (χ2v) is 4.96. The summed E-state index contributed by atoms with van der Waals surface area (Å²) in [4.78, 5) is 17.9. The number of carbonyl (C=O) groups is 1. The van der Waals surface area contributed by atoms with Gasteiger partial charge in [-0.15, -0.1) is 0 Å². The number of aliphatic carboxylic acids is 1. The Morgan fingerprint density at radius 2 is 2.25 bits per heavy atom. The second kappa shape index (κ2) is 5.00. The molecule has 0 bridgehead atoms. The lowest BCUT2D eigenvalue weighted by molar-refractivity contribution is -0.138. The minimum Gasteiger partial charge on any atom is -0.481 e. The van der Waals surface area contributed by atoms with Gasteiger partial charge in [-0.3, -0.25) is 4.79 Å². The summed E-state index contributed by atoms with van der Waals surface area (Å²) in [7, 11) is 0. The number of fused-ring (bicyclic) bond motifs is 1. The van der Waals surface area contributed by atoms with E-state index < -0.39 is 11.9 Å². The Hall–Kier alpha value is -2.30. The van der Waals surface area contributed by atoms with Crippen molar-refractivity contribution in [1.82, 2.24) is 9.55 Å². The lowest BCUT2D eigenvalue weighted by Crippen LogP contribution is -2.25. The number of imidazole rings is 1. The van der Waals surface area contributed by atoms with Crippen LogP contribution in [0.25, 0.3) is 0 Å². The summed E-state index contributed by atoms with van der Waals surface area (Å²) in [6.07, 6.45) is 3.74. The van der Waals surface area contributed by atoms with Crippen LogP contribution in [0.4, 0.5) is 5.69 Å². The van der Waals surface area contributed by atoms with Crippen LogP contribution in [0.1, 0.15) is 24.2 Å². The number of rotatable bonds is 4. The summed E-state index contributed by atoms with van der Waals surface area (Å²) in [6, 6.07) is 7.73. The summed E-state index contributed by atoms with van der Waals surface area (Å²) >= 11 is 0. The standard InChI is InChI=1S/C15H17N3O2/c1-2-17-8-7-16-14(17)10-18-9-12(15(19)20)11-5-3-4-6-13(11)18/h3-8,12H,2,9-10H2,1H3,(H,19,20). The van der Waals surface area contributed by atoms with Crippen LogP contribution < -0.4 is 4.90 Å². The van der Waals surface area contributed by atoms with Gasteiger partial charge in [0.1, 0.15) is 11.7 Å². The number of hydrogen-bond donors (Lipinski definition) is 1. The monoisotopic (exact) mass is 271 g/mol. The molecule has 1 aliphatic rings. The number of anilines is 1. The first-order valence-electron chi connectivity index (χ1n) is 6.77. The Morgan fingerprint density at radius 3 is 3.00 bits per heavy atom. The zero-order valence-corrected chi connectivity index (χ0v) is 11.4. The average molecular weight is 271 g/mol. The van der Waals surface area contributed by atoms with E-state index in [1.54, 1.807) is 6.20 Å². The molecule has 20 heavy (non-hydrogen) atoms. The van der Waals surface area contributed by atoms with Crippen molar-refractivity contribution in [3.05, 3.63) is 48.0 Å². The van der Waals surface area contributed by atoms with Gasteiger partial charge in [-0.2, -0.15) is 0 Å². The lowest BCUT2D eigenvalue weighted by Gasteiger charge is -2.19. The van der Waals surface area contributed by atoms with Crippen molar-refractivity contribution >= 4 is 11.7 Å². The predicted octanol–water partition coefficient (Wildman–Crippen LogP) is 2.09. The fourth-order valence-electron chi connectivity index (χ4n) is 2.80. The van der Waals surface area contributed by atoms with Crippen LogP contribution in [0, 0.1) is 0 Å². The van der Waals surface area contributed by atoms with Crippen molar-refractivity contribution in [1.29, 1.82) is 0 Å². The van der Waals surface area contributed by atoms with E-state index in [1.165, 1.54) is 0 Å². The van der Waals surface area contributed by atoms with E-state index in [9.17, 15) is 9.90 Å². The van der Waals surface area contributed by atoms with E-state index in [4.69, 9.17) is 0 Å². The number of nitrogens with zero attached hydrogens (tertiary/aromatic N) is 3. The van der Waals surface area contributed by atoms with Gasteiger partial charge in [-0.25, -0.2) is 4.98 Å². The van der Waals surface area contributed by atoms with E-state index in [2.05, 4.69) is 21.4 Å². The Labute approximate surface area is 117 Å². The predicted molar refractivity (Wildman–Crippen MR) is 75.8 cm³/mol. The van der Waals surface area contributed by atoms with Gasteiger partial charge in [0.25, 0.3) is 0 Å². The minimum absolute atomic E-state index is 0.448. The number of carboxylic acid groups (broad SMARTS) is 1. The summed E-state index contributed by atoms with van der Waals surface area (Å²) in [5, 5.41) is 9.36. The molecule has 1 N–H and O–H groups in total. The Morgan fingerprint density at radius 1 is 1.45 bits per heavy atom. The van der Waals surface area contributed by atoms with Crippen LogP contribution >= 0.6 is 0 Å². The van der Waals surface area contributed by atoms with Crippen molar-refractivity contribution < 1.29 is 9.90 Å². The van der Waals surface area contributed by atoms with Crippen LogP contribution in [0.5, 0.6) is 0 Å². The number of hydrogen-bond acceptors (Lipinski definition) is 3. The normalized spacial score (nSPS) is 17.2. The highest BCUT2D eigenvalue weighted by Gasteiger charge is 2.33. The van der Waals surface area contributed by atoms with Gasteiger partial charge in [0.2, 0.25) is 0 Å². The molecule has 2 heterocycles. The van der Waals surface area contributed by atoms with Crippen LogP contribution in [0.3, 0.4) is 0 Å². The van der Waals surface area contributed by atoms with E-state index in [0.29, 0.717) is 13.1 Å². The number of aromatic nitrogens is 2. The molecule has 1 aromatic carbocycles. The molecule has 1 aromatic heterocycles. The molecule has 1 unspecified atom stereocenters. The molecule has 5 nitrogen and oxygen atoms in total. The van der Waals surface area contributed by atoms with Gasteiger partial charge < -0.3 is 14.6 Å². The molecular weight excluding hydrogens is 254 g/mol. The van der Waals surface area contributed by atoms with Crippen molar-refractivity contribution in [2.75, 3.05) is 11.4 Å². The lowest BCUT2D eigenvalue weighted by atomic mass is 10.0. The van der Waals surface area contributed by atoms with Crippen molar-refractivity contribution in [2.24, 2.45) is 0 Å². The molecule has 0 aliphatic carbocycles. The highest BCUT2D eigenvalue weighted by molar-refractivity contribution is 5.82. The second-order valence-electron chi connectivity index (χ2n) is 4.96. The Kier molecular flexibility index (Phi) is 3.18. The zero-order chi connectivity index (χ0) is 14.1. The van der Waals surface area contributed by atoms with Gasteiger partial charge in [-0.1, -0.05) is 18.2 Å². The van der Waals surface area contributed by atoms with Gasteiger partial charge >= 0.3 is 5.97 Å². The maximum atomic E-state index is 11.4. The quantitative estimate of drug-likeness (QED) is 0.925. The Balaban J connectivity index is 1.91. The molecule has 1 aliphatic heterocycles. The third-order valence-corrected chi connectivity index (χ3v) is 3.83. The first kappa shape index (κ1) is 12.7. The smallest absolute Gasteiger partial charge is 0.312 e. The SMILES string of the molecule is CCn1ccnc1CN1CC(C(=O)O)c2ccccc21. The van der Waals surface area contributed by atoms with Crippen LogP contribution in [0.2, 0.25) is 0 Å². The van der Waals surface area contributed by atoms with E-state index in [-0.39, 0.29) is 0 Å². The fraction of sp³-hybridized carbons (Fsp3) is 0.333. The molecule has 5 heteroatoms. The topological polar surface area (TPSA) is 58.4 Å². The zero-order valence-electron chi connectivity index (χ0n) is 11.4.